The quantitative estimate of drug-likeness (QED) is 0.470. The van der Waals surface area contributed by atoms with Gasteiger partial charge in [-0.3, -0.25) is 0 Å². The first-order valence-electron chi connectivity index (χ1n) is 2.87. The van der Waals surface area contributed by atoms with Crippen molar-refractivity contribution in [1.29, 1.82) is 0 Å². The lowest BCUT2D eigenvalue weighted by molar-refractivity contribution is 0.283. The first-order valence-corrected chi connectivity index (χ1v) is 2.87. The van der Waals surface area contributed by atoms with Crippen molar-refractivity contribution in [3.05, 3.63) is 24.2 Å². The number of methoxy groups -OCH3 is 1. The van der Waals surface area contributed by atoms with Crippen LogP contribution in [-0.2, 0) is 4.74 Å². The number of nitrogens with two attached hydrogens (primary N) is 1. The number of nitrogens with zero attached hydrogens (tertiary/aromatic N) is 1. The molecule has 3 nitrogen and oxygen atoms in total. The molecule has 0 rings (SSSR count). The Kier molecular flexibility index (Phi) is 4.04. The predicted molar refractivity (Wildman–Crippen MR) is 42.6 cm³/mol. The van der Waals surface area contributed by atoms with Crippen LogP contribution in [0.2, 0.25) is 0 Å². The Balaban J connectivity index is 4.23. The van der Waals surface area contributed by atoms with Gasteiger partial charge in [0.05, 0.1) is 12.8 Å². The molecule has 0 spiro atoms. The third kappa shape index (κ3) is 2.91. The maximum absolute atomic E-state index is 5.39. The lowest BCUT2D eigenvalue weighted by Crippen LogP contribution is -1.98. The highest BCUT2D eigenvalue weighted by atomic mass is 16.5. The normalized spacial score (nSPS) is 13.0. The molecule has 0 amide bonds. The summed E-state index contributed by atoms with van der Waals surface area (Å²) in [5, 5.41) is 0. The van der Waals surface area contributed by atoms with Gasteiger partial charge >= 0.3 is 0 Å². The Morgan fingerprint density at radius 1 is 1.70 bits per heavy atom. The highest BCUT2D eigenvalue weighted by Gasteiger charge is 1.91. The van der Waals surface area contributed by atoms with Crippen molar-refractivity contribution >= 4 is 6.21 Å². The number of hydrogen-bond donors (Lipinski definition) is 1. The third-order valence-corrected chi connectivity index (χ3v) is 0.828. The second-order valence-corrected chi connectivity index (χ2v) is 1.71. The van der Waals surface area contributed by atoms with Crippen LogP contribution in [0.25, 0.3) is 0 Å². The minimum atomic E-state index is 0.430. The number of ether oxygens (including phenoxy) is 1. The molecule has 0 saturated heterocycles. The molecule has 0 aromatic carbocycles. The second kappa shape index (κ2) is 4.61. The smallest absolute Gasteiger partial charge is 0.232 e. The van der Waals surface area contributed by atoms with E-state index in [1.54, 1.807) is 13.0 Å². The summed E-state index contributed by atoms with van der Waals surface area (Å²) < 4.78 is 4.82. The largest absolute Gasteiger partial charge is 0.480 e. The molecule has 0 aliphatic rings. The second-order valence-electron chi connectivity index (χ2n) is 1.71. The van der Waals surface area contributed by atoms with Gasteiger partial charge in [-0.1, -0.05) is 12.7 Å². The molecule has 56 valence electrons. The minimum absolute atomic E-state index is 0.430. The Morgan fingerprint density at radius 2 is 2.30 bits per heavy atom. The van der Waals surface area contributed by atoms with Gasteiger partial charge in [-0.15, -0.1) is 0 Å². The van der Waals surface area contributed by atoms with E-state index >= 15 is 0 Å². The first-order chi connectivity index (χ1) is 4.72. The number of allylic oxidation sites excluding steroid dienone is 2. The lowest BCUT2D eigenvalue weighted by Gasteiger charge is -1.99. The predicted octanol–water partition coefficient (Wildman–Crippen LogP) is 1.04. The number of hydrogen-bond acceptors (Lipinski definition) is 3. The van der Waals surface area contributed by atoms with E-state index in [1.165, 1.54) is 13.3 Å². The van der Waals surface area contributed by atoms with Crippen LogP contribution in [-0.4, -0.2) is 13.3 Å². The molecule has 0 aliphatic carbocycles. The van der Waals surface area contributed by atoms with Crippen molar-refractivity contribution < 1.29 is 4.74 Å². The van der Waals surface area contributed by atoms with E-state index in [0.717, 1.165) is 0 Å². The monoisotopic (exact) mass is 140 g/mol. The van der Waals surface area contributed by atoms with Crippen LogP contribution in [0.1, 0.15) is 6.92 Å². The molecule has 3 heteroatoms. The highest BCUT2D eigenvalue weighted by Crippen LogP contribution is 1.99. The average Bonchev–Trinajstić information content (AvgIpc) is 1.89. The highest BCUT2D eigenvalue weighted by molar-refractivity contribution is 5.71. The van der Waals surface area contributed by atoms with Crippen LogP contribution >= 0.6 is 0 Å². The van der Waals surface area contributed by atoms with E-state index in [1.807, 2.05) is 0 Å². The molecule has 0 bridgehead atoms. The van der Waals surface area contributed by atoms with E-state index in [9.17, 15) is 0 Å². The summed E-state index contributed by atoms with van der Waals surface area (Å²) in [7, 11) is 1.52. The summed E-state index contributed by atoms with van der Waals surface area (Å²) in [6, 6.07) is 0. The number of rotatable bonds is 3. The van der Waals surface area contributed by atoms with Crippen LogP contribution in [0, 0.1) is 0 Å². The van der Waals surface area contributed by atoms with Gasteiger partial charge in [0.25, 0.3) is 0 Å². The van der Waals surface area contributed by atoms with Crippen molar-refractivity contribution in [3.8, 4) is 0 Å². The zero-order chi connectivity index (χ0) is 7.98. The van der Waals surface area contributed by atoms with E-state index in [-0.39, 0.29) is 0 Å². The molecule has 2 N–H and O–H groups in total. The molecular weight excluding hydrogens is 128 g/mol. The molecule has 0 unspecified atom stereocenters. The maximum Gasteiger partial charge on any atom is 0.232 e. The van der Waals surface area contributed by atoms with Crippen molar-refractivity contribution in [1.82, 2.24) is 0 Å². The van der Waals surface area contributed by atoms with Gasteiger partial charge in [0.15, 0.2) is 0 Å². The van der Waals surface area contributed by atoms with E-state index in [4.69, 9.17) is 10.5 Å². The van der Waals surface area contributed by atoms with Crippen LogP contribution in [0.3, 0.4) is 0 Å². The van der Waals surface area contributed by atoms with Gasteiger partial charge in [-0.05, 0) is 6.92 Å². The average molecular weight is 140 g/mol. The van der Waals surface area contributed by atoms with Crippen molar-refractivity contribution in [3.63, 3.8) is 0 Å². The van der Waals surface area contributed by atoms with Gasteiger partial charge in [-0.25, -0.2) is 4.99 Å². The van der Waals surface area contributed by atoms with Crippen LogP contribution in [0.5, 0.6) is 0 Å². The van der Waals surface area contributed by atoms with E-state index < -0.39 is 0 Å². The van der Waals surface area contributed by atoms with Crippen molar-refractivity contribution in [2.75, 3.05) is 7.11 Å². The molecule has 0 aromatic rings. The molecule has 0 saturated carbocycles. The zero-order valence-electron chi connectivity index (χ0n) is 6.29. The number of aliphatic imine (C=N–C) groups is 1. The molecule has 0 atom stereocenters. The fraction of sp³-hybridized carbons (Fsp3) is 0.286. The first kappa shape index (κ1) is 8.75. The van der Waals surface area contributed by atoms with Gasteiger partial charge in [0, 0.05) is 6.21 Å². The lowest BCUT2D eigenvalue weighted by atomic mass is 10.5. The van der Waals surface area contributed by atoms with Crippen LogP contribution in [0.15, 0.2) is 29.2 Å². The Bertz CT molecular complexity index is 166. The molecular formula is C7H12N2O. The van der Waals surface area contributed by atoms with Gasteiger partial charge in [-0.2, -0.15) is 0 Å². The van der Waals surface area contributed by atoms with E-state index in [2.05, 4.69) is 11.6 Å². The summed E-state index contributed by atoms with van der Waals surface area (Å²) in [5.74, 6) is 0.430. The summed E-state index contributed by atoms with van der Waals surface area (Å²) in [6.45, 7) is 5.18. The van der Waals surface area contributed by atoms with Crippen molar-refractivity contribution in [2.24, 2.45) is 10.7 Å². The Labute approximate surface area is 60.9 Å². The summed E-state index contributed by atoms with van der Waals surface area (Å²) in [6.07, 6.45) is 3.08. The molecule has 10 heavy (non-hydrogen) atoms. The summed E-state index contributed by atoms with van der Waals surface area (Å²) in [5.41, 5.74) is 5.95. The third-order valence-electron chi connectivity index (χ3n) is 0.828. The van der Waals surface area contributed by atoms with E-state index in [0.29, 0.717) is 11.6 Å². The molecule has 0 radical (unpaired) electrons. The fourth-order valence-corrected chi connectivity index (χ4v) is 0.436. The van der Waals surface area contributed by atoms with Crippen molar-refractivity contribution in [2.45, 2.75) is 6.92 Å². The van der Waals surface area contributed by atoms with Crippen LogP contribution < -0.4 is 5.73 Å². The Hall–Kier alpha value is -1.25. The minimum Gasteiger partial charge on any atom is -0.480 e. The summed E-state index contributed by atoms with van der Waals surface area (Å²) in [4.78, 5) is 3.85. The standard InChI is InChI=1S/C7H12N2O/c1-4-5-9-7(10-3)6(2)8/h4-5H,1,8H2,2-3H3/b7-6-,9-5?. The molecule has 0 aliphatic heterocycles. The molecule has 0 fully saturated rings. The Morgan fingerprint density at radius 3 is 2.60 bits per heavy atom. The maximum atomic E-state index is 5.39. The van der Waals surface area contributed by atoms with Gasteiger partial charge in [0.2, 0.25) is 5.88 Å². The van der Waals surface area contributed by atoms with Crippen LogP contribution in [0.4, 0.5) is 0 Å². The van der Waals surface area contributed by atoms with Gasteiger partial charge < -0.3 is 10.5 Å². The topological polar surface area (TPSA) is 47.6 Å². The zero-order valence-corrected chi connectivity index (χ0v) is 6.29. The fourth-order valence-electron chi connectivity index (χ4n) is 0.436. The summed E-state index contributed by atoms with van der Waals surface area (Å²) >= 11 is 0. The SMILES string of the molecule is C=CC=N/C(OC)=C(\C)N. The molecule has 0 heterocycles. The molecule has 0 aromatic heterocycles. The van der Waals surface area contributed by atoms with Gasteiger partial charge in [0.1, 0.15) is 0 Å².